The normalized spacial score (nSPS) is 12.1. The van der Waals surface area contributed by atoms with Crippen LogP contribution in [0.5, 0.6) is 0 Å². The molecule has 0 radical (unpaired) electrons. The number of aliphatic hydroxyl groups excluding tert-OH is 1. The van der Waals surface area contributed by atoms with Crippen LogP contribution in [0.4, 0.5) is 5.82 Å². The number of rotatable bonds is 4. The van der Waals surface area contributed by atoms with E-state index in [1.54, 1.807) is 0 Å². The molecule has 98 valence electrons. The lowest BCUT2D eigenvalue weighted by Crippen LogP contribution is -2.30. The number of nitrogens with zero attached hydrogens (tertiary/aromatic N) is 3. The highest BCUT2D eigenvalue weighted by molar-refractivity contribution is 5.81. The van der Waals surface area contributed by atoms with Crippen molar-refractivity contribution in [1.29, 1.82) is 5.26 Å². The highest BCUT2D eigenvalue weighted by Gasteiger charge is 2.15. The lowest BCUT2D eigenvalue weighted by Gasteiger charge is -2.26. The first-order valence-electron chi connectivity index (χ1n) is 6.26. The number of benzene rings is 1. The Labute approximate surface area is 112 Å². The van der Waals surface area contributed by atoms with E-state index < -0.39 is 0 Å². The molecule has 1 atom stereocenters. The minimum absolute atomic E-state index is 0.0587. The molecule has 0 amide bonds. The number of hydrogen-bond acceptors (Lipinski definition) is 4. The number of aromatic nitrogens is 1. The second kappa shape index (κ2) is 5.68. The van der Waals surface area contributed by atoms with Gasteiger partial charge in [0.15, 0.2) is 0 Å². The van der Waals surface area contributed by atoms with E-state index in [-0.39, 0.29) is 12.6 Å². The third kappa shape index (κ3) is 2.67. The van der Waals surface area contributed by atoms with Gasteiger partial charge in [-0.1, -0.05) is 18.2 Å². The van der Waals surface area contributed by atoms with Crippen molar-refractivity contribution in [3.05, 3.63) is 35.9 Å². The molecule has 0 aliphatic rings. The average Bonchev–Trinajstić information content (AvgIpc) is 2.45. The number of aliphatic hydroxyl groups is 1. The quantitative estimate of drug-likeness (QED) is 0.911. The van der Waals surface area contributed by atoms with E-state index in [0.29, 0.717) is 6.42 Å². The fourth-order valence-corrected chi connectivity index (χ4v) is 2.05. The molecule has 4 heteroatoms. The molecule has 1 aromatic heterocycles. The van der Waals surface area contributed by atoms with Crippen LogP contribution in [0, 0.1) is 11.3 Å². The van der Waals surface area contributed by atoms with E-state index in [1.165, 1.54) is 0 Å². The van der Waals surface area contributed by atoms with Crippen molar-refractivity contribution < 1.29 is 5.11 Å². The van der Waals surface area contributed by atoms with Gasteiger partial charge in [0.2, 0.25) is 0 Å². The largest absolute Gasteiger partial charge is 0.392 e. The van der Waals surface area contributed by atoms with Crippen LogP contribution in [-0.4, -0.2) is 23.2 Å². The van der Waals surface area contributed by atoms with Crippen molar-refractivity contribution in [2.75, 3.05) is 11.9 Å². The Morgan fingerprint density at radius 1 is 1.42 bits per heavy atom. The van der Waals surface area contributed by atoms with Gasteiger partial charge in [0.1, 0.15) is 5.82 Å². The standard InChI is InChI=1S/C15H17N3O/c1-11(7-8-16)18(2)15-13(10-19)9-12-5-3-4-6-14(12)17-15/h3-6,9,11,19H,7,10H2,1-2H3. The summed E-state index contributed by atoms with van der Waals surface area (Å²) in [6.45, 7) is 1.91. The molecule has 1 N–H and O–H groups in total. The van der Waals surface area contributed by atoms with Crippen molar-refractivity contribution in [1.82, 2.24) is 4.98 Å². The predicted molar refractivity (Wildman–Crippen MR) is 75.8 cm³/mol. The summed E-state index contributed by atoms with van der Waals surface area (Å²) in [5, 5.41) is 19.3. The molecule has 0 saturated heterocycles. The van der Waals surface area contributed by atoms with E-state index in [9.17, 15) is 5.11 Å². The molecule has 1 aromatic carbocycles. The van der Waals surface area contributed by atoms with Crippen LogP contribution in [0.1, 0.15) is 18.9 Å². The molecular formula is C15H17N3O. The highest BCUT2D eigenvalue weighted by Crippen LogP contribution is 2.24. The van der Waals surface area contributed by atoms with Crippen LogP contribution < -0.4 is 4.90 Å². The van der Waals surface area contributed by atoms with Crippen LogP contribution in [-0.2, 0) is 6.61 Å². The van der Waals surface area contributed by atoms with Gasteiger partial charge in [-0.05, 0) is 19.1 Å². The summed E-state index contributed by atoms with van der Waals surface area (Å²) >= 11 is 0. The summed E-state index contributed by atoms with van der Waals surface area (Å²) in [6.07, 6.45) is 0.426. The molecule has 4 nitrogen and oxygen atoms in total. The first-order valence-corrected chi connectivity index (χ1v) is 6.26. The summed E-state index contributed by atoms with van der Waals surface area (Å²) in [5.41, 5.74) is 1.68. The molecule has 19 heavy (non-hydrogen) atoms. The zero-order chi connectivity index (χ0) is 13.8. The van der Waals surface area contributed by atoms with Gasteiger partial charge in [-0.2, -0.15) is 5.26 Å². The number of pyridine rings is 1. The third-order valence-electron chi connectivity index (χ3n) is 3.33. The Kier molecular flexibility index (Phi) is 3.98. The summed E-state index contributed by atoms with van der Waals surface area (Å²) in [4.78, 5) is 6.55. The maximum Gasteiger partial charge on any atom is 0.134 e. The minimum Gasteiger partial charge on any atom is -0.392 e. The molecule has 0 fully saturated rings. The fourth-order valence-electron chi connectivity index (χ4n) is 2.05. The molecule has 1 unspecified atom stereocenters. The van der Waals surface area contributed by atoms with Gasteiger partial charge in [0.25, 0.3) is 0 Å². The van der Waals surface area contributed by atoms with Gasteiger partial charge >= 0.3 is 0 Å². The minimum atomic E-state index is -0.0587. The maximum atomic E-state index is 9.51. The second-order valence-electron chi connectivity index (χ2n) is 4.64. The Bertz CT molecular complexity index is 618. The molecule has 1 heterocycles. The van der Waals surface area contributed by atoms with Crippen molar-refractivity contribution in [2.24, 2.45) is 0 Å². The summed E-state index contributed by atoms with van der Waals surface area (Å²) < 4.78 is 0. The van der Waals surface area contributed by atoms with E-state index in [2.05, 4.69) is 11.1 Å². The summed E-state index contributed by atoms with van der Waals surface area (Å²) in [7, 11) is 1.90. The first kappa shape index (κ1) is 13.3. The van der Waals surface area contributed by atoms with Crippen molar-refractivity contribution in [2.45, 2.75) is 26.0 Å². The predicted octanol–water partition coefficient (Wildman–Crippen LogP) is 2.47. The van der Waals surface area contributed by atoms with E-state index in [0.717, 1.165) is 22.3 Å². The molecule has 0 saturated carbocycles. The number of anilines is 1. The number of hydrogen-bond donors (Lipinski definition) is 1. The van der Waals surface area contributed by atoms with E-state index in [4.69, 9.17) is 5.26 Å². The lowest BCUT2D eigenvalue weighted by molar-refractivity contribution is 0.281. The third-order valence-corrected chi connectivity index (χ3v) is 3.33. The molecule has 0 spiro atoms. The van der Waals surface area contributed by atoms with Crippen molar-refractivity contribution in [3.63, 3.8) is 0 Å². The number of fused-ring (bicyclic) bond motifs is 1. The smallest absolute Gasteiger partial charge is 0.134 e. The molecular weight excluding hydrogens is 238 g/mol. The van der Waals surface area contributed by atoms with Crippen LogP contribution in [0.2, 0.25) is 0 Å². The fraction of sp³-hybridized carbons (Fsp3) is 0.333. The van der Waals surface area contributed by atoms with E-state index in [1.807, 2.05) is 49.2 Å². The zero-order valence-electron chi connectivity index (χ0n) is 11.2. The van der Waals surface area contributed by atoms with Gasteiger partial charge in [-0.25, -0.2) is 4.98 Å². The Hall–Kier alpha value is -2.12. The van der Waals surface area contributed by atoms with Gasteiger partial charge in [0.05, 0.1) is 24.6 Å². The lowest BCUT2D eigenvalue weighted by atomic mass is 10.1. The van der Waals surface area contributed by atoms with Crippen molar-refractivity contribution >= 4 is 16.7 Å². The number of para-hydroxylation sites is 1. The molecule has 0 aliphatic carbocycles. The van der Waals surface area contributed by atoms with E-state index >= 15 is 0 Å². The number of nitriles is 1. The first-order chi connectivity index (χ1) is 9.17. The Balaban J connectivity index is 2.49. The Morgan fingerprint density at radius 3 is 2.84 bits per heavy atom. The zero-order valence-corrected chi connectivity index (χ0v) is 11.2. The SMILES string of the molecule is CC(CC#N)N(C)c1nc2ccccc2cc1CO. The van der Waals surface area contributed by atoms with Crippen molar-refractivity contribution in [3.8, 4) is 6.07 Å². The van der Waals surface area contributed by atoms with Gasteiger partial charge in [-0.3, -0.25) is 0 Å². The van der Waals surface area contributed by atoms with Crippen LogP contribution in [0.15, 0.2) is 30.3 Å². The van der Waals surface area contributed by atoms with Gasteiger partial charge < -0.3 is 10.0 Å². The average molecular weight is 255 g/mol. The van der Waals surface area contributed by atoms with Crippen LogP contribution in [0.3, 0.4) is 0 Å². The molecule has 2 rings (SSSR count). The van der Waals surface area contributed by atoms with Gasteiger partial charge in [-0.15, -0.1) is 0 Å². The maximum absolute atomic E-state index is 9.51. The van der Waals surface area contributed by atoms with Gasteiger partial charge in [0, 0.05) is 24.0 Å². The topological polar surface area (TPSA) is 60.2 Å². The van der Waals surface area contributed by atoms with Crippen LogP contribution in [0.25, 0.3) is 10.9 Å². The second-order valence-corrected chi connectivity index (χ2v) is 4.64. The molecule has 0 aliphatic heterocycles. The monoisotopic (exact) mass is 255 g/mol. The summed E-state index contributed by atoms with van der Waals surface area (Å²) in [6, 6.07) is 12.0. The van der Waals surface area contributed by atoms with Crippen LogP contribution >= 0.6 is 0 Å². The molecule has 2 aromatic rings. The highest BCUT2D eigenvalue weighted by atomic mass is 16.3. The summed E-state index contributed by atoms with van der Waals surface area (Å²) in [5.74, 6) is 0.740. The molecule has 0 bridgehead atoms. The Morgan fingerprint density at radius 2 is 2.16 bits per heavy atom.